The van der Waals surface area contributed by atoms with Crippen LogP contribution in [0.5, 0.6) is 11.5 Å². The van der Waals surface area contributed by atoms with Crippen LogP contribution >= 0.6 is 0 Å². The molecule has 0 radical (unpaired) electrons. The van der Waals surface area contributed by atoms with Gasteiger partial charge in [-0.1, -0.05) is 43.5 Å². The maximum absolute atomic E-state index is 5.82. The van der Waals surface area contributed by atoms with E-state index in [0.717, 1.165) is 34.0 Å². The molecule has 1 heterocycles. The summed E-state index contributed by atoms with van der Waals surface area (Å²) in [6, 6.07) is 19.3. The zero-order valence-corrected chi connectivity index (χ0v) is 12.2. The maximum Gasteiger partial charge on any atom is 0.133 e. The van der Waals surface area contributed by atoms with Crippen LogP contribution in [0, 0.1) is 0 Å². The van der Waals surface area contributed by atoms with Gasteiger partial charge in [-0.15, -0.1) is 0 Å². The Hall–Kier alpha value is -3.00. The fourth-order valence-corrected chi connectivity index (χ4v) is 2.12. The molecule has 0 aliphatic carbocycles. The minimum Gasteiger partial charge on any atom is -0.464 e. The maximum atomic E-state index is 5.82. The zero-order valence-electron chi connectivity index (χ0n) is 12.2. The molecule has 2 heteroatoms. The third-order valence-electron chi connectivity index (χ3n) is 3.37. The van der Waals surface area contributed by atoms with Crippen LogP contribution in [0.25, 0.3) is 11.6 Å². The average molecular weight is 288 g/mol. The van der Waals surface area contributed by atoms with Gasteiger partial charge >= 0.3 is 0 Å². The standard InChI is InChI=1S/C20H16O2/c1-3-16-6-10-18(11-7-16)22-19-12-8-17(9-13-19)15(2)20-5-4-14-21-20/h3-14H,1-2H2. The molecule has 0 bridgehead atoms. The molecule has 2 nitrogen and oxygen atoms in total. The zero-order chi connectivity index (χ0) is 15.4. The molecule has 0 fully saturated rings. The van der Waals surface area contributed by atoms with Gasteiger partial charge in [0.2, 0.25) is 0 Å². The normalized spacial score (nSPS) is 10.2. The Morgan fingerprint density at radius 1 is 0.909 bits per heavy atom. The quantitative estimate of drug-likeness (QED) is 0.594. The summed E-state index contributed by atoms with van der Waals surface area (Å²) in [5.74, 6) is 2.35. The molecule has 0 aliphatic heterocycles. The van der Waals surface area contributed by atoms with Crippen LogP contribution < -0.4 is 4.74 Å². The van der Waals surface area contributed by atoms with Crippen molar-refractivity contribution in [2.75, 3.05) is 0 Å². The van der Waals surface area contributed by atoms with E-state index >= 15 is 0 Å². The molecule has 0 unspecified atom stereocenters. The van der Waals surface area contributed by atoms with E-state index in [-0.39, 0.29) is 0 Å². The number of benzene rings is 2. The van der Waals surface area contributed by atoms with Gasteiger partial charge in [-0.2, -0.15) is 0 Å². The molecule has 22 heavy (non-hydrogen) atoms. The third kappa shape index (κ3) is 3.01. The molecule has 0 N–H and O–H groups in total. The van der Waals surface area contributed by atoms with E-state index in [9.17, 15) is 0 Å². The highest BCUT2D eigenvalue weighted by Crippen LogP contribution is 2.26. The Kier molecular flexibility index (Phi) is 3.92. The fraction of sp³-hybridized carbons (Fsp3) is 0. The van der Waals surface area contributed by atoms with Crippen LogP contribution in [0.1, 0.15) is 16.9 Å². The molecule has 0 amide bonds. The summed E-state index contributed by atoms with van der Waals surface area (Å²) in [6.45, 7) is 7.79. The van der Waals surface area contributed by atoms with Gasteiger partial charge in [0.1, 0.15) is 17.3 Å². The van der Waals surface area contributed by atoms with Crippen molar-refractivity contribution in [1.29, 1.82) is 0 Å². The van der Waals surface area contributed by atoms with Crippen molar-refractivity contribution in [3.63, 3.8) is 0 Å². The summed E-state index contributed by atoms with van der Waals surface area (Å²) in [6.07, 6.45) is 3.45. The monoisotopic (exact) mass is 288 g/mol. The number of ether oxygens (including phenoxy) is 1. The highest BCUT2D eigenvalue weighted by molar-refractivity contribution is 5.75. The molecule has 108 valence electrons. The first-order valence-electron chi connectivity index (χ1n) is 7.00. The van der Waals surface area contributed by atoms with Gasteiger partial charge in [-0.3, -0.25) is 0 Å². The number of furan rings is 1. The highest BCUT2D eigenvalue weighted by atomic mass is 16.5. The molecule has 2 aromatic carbocycles. The highest BCUT2D eigenvalue weighted by Gasteiger charge is 2.05. The number of hydrogen-bond donors (Lipinski definition) is 0. The summed E-state index contributed by atoms with van der Waals surface area (Å²) < 4.78 is 11.2. The Balaban J connectivity index is 1.73. The lowest BCUT2D eigenvalue weighted by Gasteiger charge is -2.08. The molecular formula is C20H16O2. The van der Waals surface area contributed by atoms with Crippen LogP contribution in [0.2, 0.25) is 0 Å². The lowest BCUT2D eigenvalue weighted by atomic mass is 10.1. The smallest absolute Gasteiger partial charge is 0.133 e. The lowest BCUT2D eigenvalue weighted by Crippen LogP contribution is -1.87. The van der Waals surface area contributed by atoms with Crippen molar-refractivity contribution in [2.45, 2.75) is 0 Å². The SMILES string of the molecule is C=Cc1ccc(Oc2ccc(C(=C)c3ccco3)cc2)cc1. The van der Waals surface area contributed by atoms with Gasteiger partial charge in [0.25, 0.3) is 0 Å². The van der Waals surface area contributed by atoms with Gasteiger partial charge in [0.15, 0.2) is 0 Å². The van der Waals surface area contributed by atoms with E-state index in [1.807, 2.05) is 60.7 Å². The van der Waals surface area contributed by atoms with Crippen LogP contribution in [0.4, 0.5) is 0 Å². The summed E-state index contributed by atoms with van der Waals surface area (Å²) >= 11 is 0. The summed E-state index contributed by atoms with van der Waals surface area (Å²) in [5.41, 5.74) is 2.92. The molecule has 0 saturated carbocycles. The third-order valence-corrected chi connectivity index (χ3v) is 3.37. The average Bonchev–Trinajstić information content (AvgIpc) is 3.10. The van der Waals surface area contributed by atoms with Crippen molar-refractivity contribution in [3.8, 4) is 11.5 Å². The molecule has 0 atom stereocenters. The van der Waals surface area contributed by atoms with Crippen molar-refractivity contribution in [2.24, 2.45) is 0 Å². The van der Waals surface area contributed by atoms with Crippen LogP contribution in [0.15, 0.2) is 84.5 Å². The lowest BCUT2D eigenvalue weighted by molar-refractivity contribution is 0.482. The topological polar surface area (TPSA) is 22.4 Å². The molecule has 1 aromatic heterocycles. The predicted octanol–water partition coefficient (Wildman–Crippen LogP) is 5.78. The van der Waals surface area contributed by atoms with E-state index in [1.165, 1.54) is 0 Å². The number of hydrogen-bond acceptors (Lipinski definition) is 2. The molecule has 3 rings (SSSR count). The van der Waals surface area contributed by atoms with E-state index in [0.29, 0.717) is 0 Å². The van der Waals surface area contributed by atoms with Crippen molar-refractivity contribution in [3.05, 3.63) is 97.0 Å². The molecular weight excluding hydrogens is 272 g/mol. The van der Waals surface area contributed by atoms with Crippen molar-refractivity contribution in [1.82, 2.24) is 0 Å². The van der Waals surface area contributed by atoms with E-state index in [2.05, 4.69) is 13.2 Å². The van der Waals surface area contributed by atoms with Gasteiger partial charge in [0, 0.05) is 5.57 Å². The summed E-state index contributed by atoms with van der Waals surface area (Å²) in [4.78, 5) is 0. The molecule has 0 aliphatic rings. The minimum absolute atomic E-state index is 0.772. The first-order valence-corrected chi connectivity index (χ1v) is 7.00. The first-order chi connectivity index (χ1) is 10.8. The predicted molar refractivity (Wildman–Crippen MR) is 89.9 cm³/mol. The van der Waals surface area contributed by atoms with Gasteiger partial charge in [-0.25, -0.2) is 0 Å². The Bertz CT molecular complexity index is 764. The fourth-order valence-electron chi connectivity index (χ4n) is 2.12. The summed E-state index contributed by atoms with van der Waals surface area (Å²) in [5, 5.41) is 0. The van der Waals surface area contributed by atoms with E-state index < -0.39 is 0 Å². The first kappa shape index (κ1) is 14.0. The van der Waals surface area contributed by atoms with Crippen LogP contribution in [0.3, 0.4) is 0 Å². The second-order valence-corrected chi connectivity index (χ2v) is 4.86. The Labute approximate surface area is 130 Å². The summed E-state index contributed by atoms with van der Waals surface area (Å²) in [7, 11) is 0. The Morgan fingerprint density at radius 2 is 1.55 bits per heavy atom. The van der Waals surface area contributed by atoms with Gasteiger partial charge < -0.3 is 9.15 Å². The van der Waals surface area contributed by atoms with Crippen molar-refractivity contribution < 1.29 is 9.15 Å². The van der Waals surface area contributed by atoms with E-state index in [1.54, 1.807) is 12.3 Å². The molecule has 0 spiro atoms. The largest absolute Gasteiger partial charge is 0.464 e. The van der Waals surface area contributed by atoms with Gasteiger partial charge in [-0.05, 0) is 47.5 Å². The minimum atomic E-state index is 0.772. The second-order valence-electron chi connectivity index (χ2n) is 4.86. The van der Waals surface area contributed by atoms with Crippen LogP contribution in [-0.2, 0) is 0 Å². The second kappa shape index (κ2) is 6.19. The van der Waals surface area contributed by atoms with Crippen LogP contribution in [-0.4, -0.2) is 0 Å². The van der Waals surface area contributed by atoms with E-state index in [4.69, 9.17) is 9.15 Å². The van der Waals surface area contributed by atoms with Gasteiger partial charge in [0.05, 0.1) is 6.26 Å². The molecule has 3 aromatic rings. The Morgan fingerprint density at radius 3 is 2.09 bits per heavy atom. The molecule has 0 saturated heterocycles. The van der Waals surface area contributed by atoms with Crippen molar-refractivity contribution >= 4 is 11.6 Å². The number of rotatable bonds is 5.